The largest absolute Gasteiger partial charge is 0.409 e. The summed E-state index contributed by atoms with van der Waals surface area (Å²) in [5.74, 6) is 0.970. The second-order valence-electron chi connectivity index (χ2n) is 6.50. The first-order valence-corrected chi connectivity index (χ1v) is 10.7. The number of benzene rings is 1. The topological polar surface area (TPSA) is 68.3 Å². The molecular weight excluding hydrogens is 358 g/mol. The van der Waals surface area contributed by atoms with Crippen LogP contribution in [0.5, 0.6) is 0 Å². The Morgan fingerprint density at radius 2 is 2.16 bits per heavy atom. The van der Waals surface area contributed by atoms with Crippen molar-refractivity contribution in [1.82, 2.24) is 14.7 Å². The fourth-order valence-electron chi connectivity index (χ4n) is 3.21. The maximum Gasteiger partial charge on any atom is 0.288 e. The van der Waals surface area contributed by atoms with Crippen molar-refractivity contribution in [2.75, 3.05) is 18.1 Å². The fraction of sp³-hybridized carbons (Fsp3) is 0.529. The summed E-state index contributed by atoms with van der Waals surface area (Å²) in [6.07, 6.45) is 1.60. The number of hydrogen-bond acceptors (Lipinski definition) is 6. The Morgan fingerprint density at radius 3 is 2.80 bits per heavy atom. The van der Waals surface area contributed by atoms with Crippen LogP contribution in [0, 0.1) is 11.8 Å². The van der Waals surface area contributed by atoms with Crippen LogP contribution >= 0.6 is 12.2 Å². The number of aryl methyl sites for hydroxylation is 1. The molecule has 1 aromatic carbocycles. The maximum atomic E-state index is 11.8. The molecule has 1 unspecified atom stereocenters. The van der Waals surface area contributed by atoms with Crippen LogP contribution in [0.2, 0.25) is 0 Å². The van der Waals surface area contributed by atoms with E-state index in [4.69, 9.17) is 16.6 Å². The third kappa shape index (κ3) is 4.19. The molecule has 0 radical (unpaired) electrons. The predicted molar refractivity (Wildman–Crippen MR) is 99.6 cm³/mol. The highest BCUT2D eigenvalue weighted by molar-refractivity contribution is 7.91. The van der Waals surface area contributed by atoms with E-state index >= 15 is 0 Å². The molecule has 0 bridgehead atoms. The molecule has 1 atom stereocenters. The molecule has 1 aliphatic heterocycles. The molecule has 2 aromatic rings. The molecule has 0 spiro atoms. The van der Waals surface area contributed by atoms with Gasteiger partial charge in [0.1, 0.15) is 0 Å². The van der Waals surface area contributed by atoms with Crippen molar-refractivity contribution in [2.45, 2.75) is 39.4 Å². The van der Waals surface area contributed by atoms with Crippen molar-refractivity contribution >= 4 is 22.1 Å². The highest BCUT2D eigenvalue weighted by atomic mass is 32.2. The quantitative estimate of drug-likeness (QED) is 0.717. The van der Waals surface area contributed by atoms with Gasteiger partial charge < -0.3 is 4.42 Å². The smallest absolute Gasteiger partial charge is 0.288 e. The van der Waals surface area contributed by atoms with Crippen molar-refractivity contribution in [1.29, 1.82) is 0 Å². The van der Waals surface area contributed by atoms with E-state index in [1.165, 1.54) is 0 Å². The van der Waals surface area contributed by atoms with Crippen molar-refractivity contribution in [2.24, 2.45) is 0 Å². The molecule has 0 amide bonds. The third-order valence-electron chi connectivity index (χ3n) is 4.53. The molecule has 1 fully saturated rings. The molecule has 0 saturated carbocycles. The lowest BCUT2D eigenvalue weighted by atomic mass is 10.1. The Morgan fingerprint density at radius 1 is 1.40 bits per heavy atom. The zero-order chi connectivity index (χ0) is 18.0. The van der Waals surface area contributed by atoms with Gasteiger partial charge in [0.2, 0.25) is 5.89 Å². The van der Waals surface area contributed by atoms with Crippen LogP contribution < -0.4 is 0 Å². The summed E-state index contributed by atoms with van der Waals surface area (Å²) in [5, 5.41) is 4.53. The molecule has 8 heteroatoms. The van der Waals surface area contributed by atoms with Gasteiger partial charge in [0, 0.05) is 11.6 Å². The van der Waals surface area contributed by atoms with Gasteiger partial charge in [-0.2, -0.15) is 0 Å². The first-order chi connectivity index (χ1) is 11.9. The van der Waals surface area contributed by atoms with E-state index in [1.807, 2.05) is 31.2 Å². The number of nitrogens with zero attached hydrogens (tertiary/aromatic N) is 3. The van der Waals surface area contributed by atoms with Crippen LogP contribution in [0.15, 0.2) is 28.7 Å². The summed E-state index contributed by atoms with van der Waals surface area (Å²) in [5.41, 5.74) is 1.98. The van der Waals surface area contributed by atoms with Crippen molar-refractivity contribution in [3.63, 3.8) is 0 Å². The minimum absolute atomic E-state index is 0.0189. The number of sulfone groups is 1. The van der Waals surface area contributed by atoms with Crippen molar-refractivity contribution < 1.29 is 12.8 Å². The summed E-state index contributed by atoms with van der Waals surface area (Å²) in [6, 6.07) is 7.87. The van der Waals surface area contributed by atoms with Crippen LogP contribution in [0.25, 0.3) is 11.5 Å². The zero-order valence-electron chi connectivity index (χ0n) is 14.5. The fourth-order valence-corrected chi connectivity index (χ4v) is 5.15. The molecule has 1 aromatic heterocycles. The second kappa shape index (κ2) is 7.39. The maximum absolute atomic E-state index is 11.8. The minimum Gasteiger partial charge on any atom is -0.409 e. The standard InChI is InChI=1S/C17H23N3O3S2/c1-3-9-19(14-8-10-25(21,22)11-14)12-20-17(24)23-16(18-20)15-7-5-4-6-13(15)2/h4-7,14H,3,8-12H2,1-2H3. The van der Waals surface area contributed by atoms with Crippen LogP contribution in [0.1, 0.15) is 25.3 Å². The Balaban J connectivity index is 1.84. The summed E-state index contributed by atoms with van der Waals surface area (Å²) in [4.78, 5) is 2.45. The lowest BCUT2D eigenvalue weighted by Crippen LogP contribution is -2.38. The first kappa shape index (κ1) is 18.3. The lowest BCUT2D eigenvalue weighted by Gasteiger charge is -2.26. The second-order valence-corrected chi connectivity index (χ2v) is 9.08. The number of hydrogen-bond donors (Lipinski definition) is 0. The van der Waals surface area contributed by atoms with E-state index in [9.17, 15) is 8.42 Å². The Kier molecular flexibility index (Phi) is 5.41. The summed E-state index contributed by atoms with van der Waals surface area (Å²) in [6.45, 7) is 5.33. The van der Waals surface area contributed by atoms with Crippen LogP contribution in [0.4, 0.5) is 0 Å². The van der Waals surface area contributed by atoms with Gasteiger partial charge in [-0.15, -0.1) is 5.10 Å². The number of rotatable bonds is 6. The van der Waals surface area contributed by atoms with E-state index < -0.39 is 9.84 Å². The minimum atomic E-state index is -2.93. The average molecular weight is 382 g/mol. The Labute approximate surface area is 153 Å². The van der Waals surface area contributed by atoms with E-state index in [1.54, 1.807) is 4.68 Å². The van der Waals surface area contributed by atoms with E-state index in [2.05, 4.69) is 16.9 Å². The van der Waals surface area contributed by atoms with Crippen LogP contribution in [-0.4, -0.2) is 47.2 Å². The molecule has 1 saturated heterocycles. The van der Waals surface area contributed by atoms with Gasteiger partial charge in [-0.1, -0.05) is 25.1 Å². The number of aromatic nitrogens is 2. The van der Waals surface area contributed by atoms with Crippen LogP contribution in [0.3, 0.4) is 0 Å². The molecule has 0 aliphatic carbocycles. The molecule has 25 heavy (non-hydrogen) atoms. The van der Waals surface area contributed by atoms with Gasteiger partial charge in [-0.25, -0.2) is 13.1 Å². The molecule has 2 heterocycles. The van der Waals surface area contributed by atoms with Gasteiger partial charge in [-0.05, 0) is 50.2 Å². The van der Waals surface area contributed by atoms with E-state index in [0.29, 0.717) is 23.8 Å². The average Bonchev–Trinajstić information content (AvgIpc) is 3.10. The SMILES string of the molecule is CCCN(Cn1nc(-c2ccccc2C)oc1=S)C1CCS(=O)(=O)C1. The summed E-state index contributed by atoms with van der Waals surface area (Å²) < 4.78 is 31.0. The van der Waals surface area contributed by atoms with E-state index in [-0.39, 0.29) is 17.5 Å². The lowest BCUT2D eigenvalue weighted by molar-refractivity contribution is 0.153. The van der Waals surface area contributed by atoms with Gasteiger partial charge >= 0.3 is 0 Å². The Bertz CT molecular complexity index is 902. The molecular formula is C17H23N3O3S2. The van der Waals surface area contributed by atoms with Crippen LogP contribution in [-0.2, 0) is 16.5 Å². The van der Waals surface area contributed by atoms with Gasteiger partial charge in [0.25, 0.3) is 4.84 Å². The zero-order valence-corrected chi connectivity index (χ0v) is 16.1. The van der Waals surface area contributed by atoms with Gasteiger partial charge in [-0.3, -0.25) is 4.90 Å². The highest BCUT2D eigenvalue weighted by Crippen LogP contribution is 2.23. The predicted octanol–water partition coefficient (Wildman–Crippen LogP) is 3.04. The van der Waals surface area contributed by atoms with E-state index in [0.717, 1.165) is 24.1 Å². The normalized spacial score (nSPS) is 19.6. The summed E-state index contributed by atoms with van der Waals surface area (Å²) >= 11 is 5.33. The molecule has 6 nitrogen and oxygen atoms in total. The monoisotopic (exact) mass is 381 g/mol. The molecule has 0 N–H and O–H groups in total. The molecule has 1 aliphatic rings. The third-order valence-corrected chi connectivity index (χ3v) is 6.58. The first-order valence-electron chi connectivity index (χ1n) is 8.48. The van der Waals surface area contributed by atoms with Crippen molar-refractivity contribution in [3.8, 4) is 11.5 Å². The summed E-state index contributed by atoms with van der Waals surface area (Å²) in [7, 11) is -2.93. The van der Waals surface area contributed by atoms with Crippen molar-refractivity contribution in [3.05, 3.63) is 34.7 Å². The van der Waals surface area contributed by atoms with Gasteiger partial charge in [0.15, 0.2) is 9.84 Å². The van der Waals surface area contributed by atoms with Gasteiger partial charge in [0.05, 0.1) is 18.2 Å². The highest BCUT2D eigenvalue weighted by Gasteiger charge is 2.32. The Hall–Kier alpha value is -1.51. The molecule has 3 rings (SSSR count). The molecule has 136 valence electrons.